The summed E-state index contributed by atoms with van der Waals surface area (Å²) in [6.07, 6.45) is 3.88. The molecule has 0 aliphatic heterocycles. The molecule has 0 saturated carbocycles. The van der Waals surface area contributed by atoms with E-state index in [4.69, 9.17) is 11.5 Å². The van der Waals surface area contributed by atoms with Crippen LogP contribution in [-0.2, 0) is 6.42 Å². The predicted octanol–water partition coefficient (Wildman–Crippen LogP) is 3.10. The molecule has 0 aliphatic rings. The fourth-order valence-corrected chi connectivity index (χ4v) is 4.20. The second kappa shape index (κ2) is 8.63. The third kappa shape index (κ3) is 3.88. The number of anilines is 2. The van der Waals surface area contributed by atoms with Crippen LogP contribution >= 0.6 is 45.2 Å². The van der Waals surface area contributed by atoms with Crippen LogP contribution in [0, 0.1) is 7.40 Å². The van der Waals surface area contributed by atoms with E-state index in [-0.39, 0.29) is 0 Å². The molecule has 0 unspecified atom stereocenters. The Balaban J connectivity index is 0.000000168. The van der Waals surface area contributed by atoms with Crippen molar-refractivity contribution >= 4 is 78.9 Å². The largest absolute Gasteiger partial charge is 0.383 e. The number of aromatic nitrogens is 8. The molecule has 30 heavy (non-hydrogen) atoms. The van der Waals surface area contributed by atoms with Crippen LogP contribution in [0.5, 0.6) is 0 Å². The minimum atomic E-state index is 0.464. The first-order valence-corrected chi connectivity index (χ1v) is 11.0. The number of aromatic amines is 1. The molecule has 10 nitrogen and oxygen atoms in total. The van der Waals surface area contributed by atoms with Crippen LogP contribution in [0.3, 0.4) is 0 Å². The van der Waals surface area contributed by atoms with Crippen molar-refractivity contribution in [1.29, 1.82) is 0 Å². The van der Waals surface area contributed by atoms with Crippen LogP contribution in [0.1, 0.15) is 12.5 Å². The van der Waals surface area contributed by atoms with Crippen LogP contribution in [0.25, 0.3) is 27.8 Å². The van der Waals surface area contributed by atoms with Crippen molar-refractivity contribution in [2.24, 2.45) is 0 Å². The lowest BCUT2D eigenvalue weighted by molar-refractivity contribution is 0.882. The summed E-state index contributed by atoms with van der Waals surface area (Å²) in [6.45, 7) is 2.13. The molecule has 0 radical (unpaired) electrons. The van der Waals surface area contributed by atoms with Crippen LogP contribution in [0.15, 0.2) is 36.9 Å². The zero-order valence-electron chi connectivity index (χ0n) is 15.7. The first kappa shape index (κ1) is 20.6. The van der Waals surface area contributed by atoms with Crippen molar-refractivity contribution in [3.8, 4) is 5.69 Å². The summed E-state index contributed by atoms with van der Waals surface area (Å²) < 4.78 is 3.48. The number of fused-ring (bicyclic) bond motifs is 2. The van der Waals surface area contributed by atoms with Crippen LogP contribution in [0.4, 0.5) is 11.6 Å². The third-order valence-electron chi connectivity index (χ3n) is 4.38. The topological polar surface area (TPSA) is 150 Å². The number of hydrogen-bond acceptors (Lipinski definition) is 8. The predicted molar refractivity (Wildman–Crippen MR) is 132 cm³/mol. The first-order valence-electron chi connectivity index (χ1n) is 8.83. The fourth-order valence-electron chi connectivity index (χ4n) is 2.83. The Morgan fingerprint density at radius 3 is 2.27 bits per heavy atom. The minimum Gasteiger partial charge on any atom is -0.383 e. The van der Waals surface area contributed by atoms with Crippen molar-refractivity contribution in [1.82, 2.24) is 39.9 Å². The number of hydrogen-bond donors (Lipinski definition) is 3. The van der Waals surface area contributed by atoms with Crippen molar-refractivity contribution in [3.05, 3.63) is 49.9 Å². The van der Waals surface area contributed by atoms with E-state index in [1.807, 2.05) is 12.1 Å². The Hall–Kier alpha value is -2.62. The first-order chi connectivity index (χ1) is 14.5. The Bertz CT molecular complexity index is 1330. The molecule has 0 atom stereocenters. The Morgan fingerprint density at radius 2 is 1.60 bits per heavy atom. The van der Waals surface area contributed by atoms with E-state index in [9.17, 15) is 0 Å². The maximum absolute atomic E-state index is 5.88. The van der Waals surface area contributed by atoms with Gasteiger partial charge in [-0.2, -0.15) is 10.2 Å². The highest BCUT2D eigenvalue weighted by molar-refractivity contribution is 14.1. The molecule has 5 rings (SSSR count). The zero-order valence-corrected chi connectivity index (χ0v) is 20.0. The van der Waals surface area contributed by atoms with E-state index in [0.717, 1.165) is 35.9 Å². The van der Waals surface area contributed by atoms with E-state index in [1.54, 1.807) is 4.68 Å². The van der Waals surface area contributed by atoms with Gasteiger partial charge in [0.1, 0.15) is 31.7 Å². The number of nitrogen functional groups attached to an aromatic ring is 2. The van der Waals surface area contributed by atoms with Crippen LogP contribution in [0.2, 0.25) is 0 Å². The molecule has 1 aromatic carbocycles. The average molecular weight is 626 g/mol. The van der Waals surface area contributed by atoms with Gasteiger partial charge >= 0.3 is 0 Å². The number of benzene rings is 1. The van der Waals surface area contributed by atoms with Crippen molar-refractivity contribution < 1.29 is 0 Å². The van der Waals surface area contributed by atoms with Gasteiger partial charge in [-0.15, -0.1) is 0 Å². The number of aryl methyl sites for hydroxylation is 1. The number of halogens is 2. The number of H-pyrrole nitrogens is 1. The molecule has 5 N–H and O–H groups in total. The second-order valence-corrected chi connectivity index (χ2v) is 8.28. The smallest absolute Gasteiger partial charge is 0.187 e. The molecule has 0 amide bonds. The van der Waals surface area contributed by atoms with E-state index in [0.29, 0.717) is 17.3 Å². The fraction of sp³-hybridized carbons (Fsp3) is 0.111. The van der Waals surface area contributed by atoms with Gasteiger partial charge in [-0.05, 0) is 69.3 Å². The van der Waals surface area contributed by atoms with Crippen molar-refractivity contribution in [2.45, 2.75) is 13.3 Å². The highest BCUT2D eigenvalue weighted by Gasteiger charge is 2.14. The zero-order chi connectivity index (χ0) is 21.3. The highest BCUT2D eigenvalue weighted by Crippen LogP contribution is 2.25. The van der Waals surface area contributed by atoms with Gasteiger partial charge in [-0.25, -0.2) is 24.6 Å². The lowest BCUT2D eigenvalue weighted by Crippen LogP contribution is -1.99. The molecule has 12 heteroatoms. The molecule has 0 saturated heterocycles. The Labute approximate surface area is 198 Å². The van der Waals surface area contributed by atoms with E-state index < -0.39 is 0 Å². The SMILES string of the molecule is CCc1ccc(-n2nc(I)c3c(N)ncnc32)cc1.Nc1ncnc2n[nH]c(I)c12. The summed E-state index contributed by atoms with van der Waals surface area (Å²) in [6, 6.07) is 8.28. The lowest BCUT2D eigenvalue weighted by Gasteiger charge is -2.03. The molecule has 0 fully saturated rings. The van der Waals surface area contributed by atoms with Crippen molar-refractivity contribution in [3.63, 3.8) is 0 Å². The van der Waals surface area contributed by atoms with Crippen LogP contribution < -0.4 is 11.5 Å². The number of nitrogens with one attached hydrogen (secondary N) is 1. The van der Waals surface area contributed by atoms with Gasteiger partial charge in [0, 0.05) is 0 Å². The number of nitrogens with zero attached hydrogens (tertiary/aromatic N) is 7. The Morgan fingerprint density at radius 1 is 0.933 bits per heavy atom. The third-order valence-corrected chi connectivity index (χ3v) is 5.91. The second-order valence-electron chi connectivity index (χ2n) is 6.18. The quantitative estimate of drug-likeness (QED) is 0.253. The molecule has 4 heterocycles. The van der Waals surface area contributed by atoms with Gasteiger partial charge in [0.15, 0.2) is 11.3 Å². The maximum Gasteiger partial charge on any atom is 0.187 e. The average Bonchev–Trinajstić information content (AvgIpc) is 3.30. The lowest BCUT2D eigenvalue weighted by atomic mass is 10.1. The summed E-state index contributed by atoms with van der Waals surface area (Å²) >= 11 is 4.25. The van der Waals surface area contributed by atoms with E-state index in [2.05, 4.69) is 99.5 Å². The molecule has 0 aliphatic carbocycles. The van der Waals surface area contributed by atoms with E-state index >= 15 is 0 Å². The van der Waals surface area contributed by atoms with Gasteiger partial charge in [0.2, 0.25) is 0 Å². The monoisotopic (exact) mass is 626 g/mol. The molecular formula is C18H16I2N10. The van der Waals surface area contributed by atoms with E-state index in [1.165, 1.54) is 18.2 Å². The summed E-state index contributed by atoms with van der Waals surface area (Å²) in [5.41, 5.74) is 15.1. The molecule has 4 aromatic heterocycles. The molecule has 5 aromatic rings. The summed E-state index contributed by atoms with van der Waals surface area (Å²) in [7, 11) is 0. The molecule has 0 spiro atoms. The molecular weight excluding hydrogens is 610 g/mol. The maximum atomic E-state index is 5.88. The molecule has 152 valence electrons. The highest BCUT2D eigenvalue weighted by atomic mass is 127. The summed E-state index contributed by atoms with van der Waals surface area (Å²) in [5.74, 6) is 0.930. The van der Waals surface area contributed by atoms with Gasteiger partial charge in [0.25, 0.3) is 0 Å². The van der Waals surface area contributed by atoms with Gasteiger partial charge in [-0.1, -0.05) is 19.1 Å². The summed E-state index contributed by atoms with van der Waals surface area (Å²) in [4.78, 5) is 16.1. The van der Waals surface area contributed by atoms with Gasteiger partial charge in [0.05, 0.1) is 16.5 Å². The standard InChI is InChI=1S/C13H12IN5.C5H4IN5/c1-2-8-3-5-9(6-4-8)19-13-10(11(14)18-19)12(15)16-7-17-13;6-3-2-4(7)8-1-9-5(2)11-10-3/h3-7H,2H2,1H3,(H2,15,16,17);1H,(H3,7,8,9,10,11). The normalized spacial score (nSPS) is 10.9. The van der Waals surface area contributed by atoms with Gasteiger partial charge < -0.3 is 11.5 Å². The number of nitrogens with two attached hydrogens (primary N) is 2. The minimum absolute atomic E-state index is 0.464. The van der Waals surface area contributed by atoms with Gasteiger partial charge in [-0.3, -0.25) is 5.10 Å². The Kier molecular flexibility index (Phi) is 5.94. The summed E-state index contributed by atoms with van der Waals surface area (Å²) in [5, 5.41) is 12.8. The number of rotatable bonds is 2. The van der Waals surface area contributed by atoms with Crippen LogP contribution in [-0.4, -0.2) is 39.9 Å². The molecule has 0 bridgehead atoms. The van der Waals surface area contributed by atoms with Crippen molar-refractivity contribution in [2.75, 3.05) is 11.5 Å².